The lowest BCUT2D eigenvalue weighted by atomic mass is 10.0. The van der Waals surface area contributed by atoms with E-state index in [0.717, 1.165) is 24.2 Å². The van der Waals surface area contributed by atoms with Crippen molar-refractivity contribution < 1.29 is 22.7 Å². The van der Waals surface area contributed by atoms with Gasteiger partial charge in [-0.05, 0) is 37.0 Å². The van der Waals surface area contributed by atoms with Gasteiger partial charge in [-0.25, -0.2) is 18.5 Å². The Kier molecular flexibility index (Phi) is 7.24. The Labute approximate surface area is 186 Å². The van der Waals surface area contributed by atoms with E-state index in [1.54, 1.807) is 24.5 Å². The zero-order valence-corrected chi connectivity index (χ0v) is 19.3. The van der Waals surface area contributed by atoms with Crippen LogP contribution in [0.3, 0.4) is 0 Å². The number of aryl methyl sites for hydroxylation is 1. The summed E-state index contributed by atoms with van der Waals surface area (Å²) in [4.78, 5) is 17.2. The topological polar surface area (TPSA) is 87.5 Å². The molecule has 7 nitrogen and oxygen atoms in total. The van der Waals surface area contributed by atoms with E-state index in [2.05, 4.69) is 18.8 Å². The van der Waals surface area contributed by atoms with Crippen LogP contribution in [0.2, 0.25) is 0 Å². The standard InChI is InChI=1S/C21H24FN3O4S2/c1-13(2)9-17-11-18(20(30-17)29-21(26)24(4)31(27)28)15-5-6-16(19(22)10-15)12-25-8-7-23-14(25)3/h5-8,10-11,13H,9,12H2,1-4H3,(H,27,28)/p-1. The molecule has 0 N–H and O–H groups in total. The number of carbonyl (C=O) groups is 1. The maximum absolute atomic E-state index is 14.9. The van der Waals surface area contributed by atoms with E-state index >= 15 is 0 Å². The number of hydrogen-bond donors (Lipinski definition) is 0. The molecule has 3 aromatic rings. The molecule has 2 heterocycles. The van der Waals surface area contributed by atoms with Crippen molar-refractivity contribution >= 4 is 28.7 Å². The number of nitrogens with zero attached hydrogens (tertiary/aromatic N) is 3. The summed E-state index contributed by atoms with van der Waals surface area (Å²) in [6.07, 6.45) is 3.17. The van der Waals surface area contributed by atoms with Crippen LogP contribution in [-0.4, -0.2) is 35.8 Å². The van der Waals surface area contributed by atoms with Crippen LogP contribution in [0.5, 0.6) is 5.06 Å². The lowest BCUT2D eigenvalue weighted by Gasteiger charge is -2.18. The van der Waals surface area contributed by atoms with Gasteiger partial charge in [0.15, 0.2) is 5.06 Å². The number of halogens is 1. The van der Waals surface area contributed by atoms with Crippen molar-refractivity contribution in [2.45, 2.75) is 33.7 Å². The number of hydrogen-bond acceptors (Lipinski definition) is 6. The fourth-order valence-electron chi connectivity index (χ4n) is 3.01. The lowest BCUT2D eigenvalue weighted by molar-refractivity contribution is 0.185. The van der Waals surface area contributed by atoms with Crippen LogP contribution < -0.4 is 4.74 Å². The first kappa shape index (κ1) is 23.1. The molecule has 0 radical (unpaired) electrons. The highest BCUT2D eigenvalue weighted by Crippen LogP contribution is 2.40. The Morgan fingerprint density at radius 2 is 2.13 bits per heavy atom. The van der Waals surface area contributed by atoms with E-state index in [0.29, 0.717) is 33.5 Å². The third kappa shape index (κ3) is 5.57. The summed E-state index contributed by atoms with van der Waals surface area (Å²) in [6.45, 7) is 6.32. The lowest BCUT2D eigenvalue weighted by Crippen LogP contribution is -2.31. The molecule has 0 saturated heterocycles. The van der Waals surface area contributed by atoms with Gasteiger partial charge in [-0.1, -0.05) is 26.0 Å². The normalized spacial score (nSPS) is 12.2. The van der Waals surface area contributed by atoms with Gasteiger partial charge in [0.2, 0.25) is 0 Å². The average Bonchev–Trinajstić information content (AvgIpc) is 3.28. The number of rotatable bonds is 7. The summed E-state index contributed by atoms with van der Waals surface area (Å²) < 4.78 is 44.6. The highest BCUT2D eigenvalue weighted by atomic mass is 32.2. The Morgan fingerprint density at radius 1 is 1.39 bits per heavy atom. The Hall–Kier alpha value is -2.56. The molecule has 1 amide bonds. The largest absolute Gasteiger partial charge is 0.755 e. The highest BCUT2D eigenvalue weighted by molar-refractivity contribution is 7.77. The van der Waals surface area contributed by atoms with Crippen LogP contribution in [0.4, 0.5) is 9.18 Å². The minimum atomic E-state index is -2.75. The van der Waals surface area contributed by atoms with Gasteiger partial charge in [0.05, 0.1) is 17.8 Å². The molecule has 0 saturated carbocycles. The quantitative estimate of drug-likeness (QED) is 0.480. The molecule has 1 unspecified atom stereocenters. The van der Waals surface area contributed by atoms with Gasteiger partial charge >= 0.3 is 6.09 Å². The van der Waals surface area contributed by atoms with Gasteiger partial charge in [0, 0.05) is 35.4 Å². The van der Waals surface area contributed by atoms with Crippen molar-refractivity contribution in [3.05, 3.63) is 58.7 Å². The Bertz CT molecular complexity index is 1110. The summed E-state index contributed by atoms with van der Waals surface area (Å²) in [5, 5.41) is 0.232. The molecule has 0 aliphatic carbocycles. The minimum absolute atomic E-state index is 0.232. The summed E-state index contributed by atoms with van der Waals surface area (Å²) in [7, 11) is 1.10. The molecule has 1 atom stereocenters. The second-order valence-corrected chi connectivity index (χ2v) is 9.58. The predicted molar refractivity (Wildman–Crippen MR) is 117 cm³/mol. The molecular weight excluding hydrogens is 441 g/mol. The zero-order valence-electron chi connectivity index (χ0n) is 17.6. The van der Waals surface area contributed by atoms with Crippen molar-refractivity contribution in [1.82, 2.24) is 13.9 Å². The number of benzene rings is 1. The van der Waals surface area contributed by atoms with Gasteiger partial charge in [0.25, 0.3) is 0 Å². The van der Waals surface area contributed by atoms with E-state index in [1.807, 2.05) is 17.6 Å². The van der Waals surface area contributed by atoms with Gasteiger partial charge in [0.1, 0.15) is 11.6 Å². The van der Waals surface area contributed by atoms with Gasteiger partial charge in [-0.15, -0.1) is 11.3 Å². The molecule has 0 fully saturated rings. The monoisotopic (exact) mass is 464 g/mol. The summed E-state index contributed by atoms with van der Waals surface area (Å²) >= 11 is -1.50. The van der Waals surface area contributed by atoms with Crippen LogP contribution in [-0.2, 0) is 24.2 Å². The SMILES string of the molecule is Cc1nccn1Cc1ccc(-c2cc(CC(C)C)sc2OC(=O)N(C)S(=O)[O-])cc1F. The molecule has 2 aromatic heterocycles. The highest BCUT2D eigenvalue weighted by Gasteiger charge is 2.20. The smallest absolute Gasteiger partial charge is 0.426 e. The molecule has 1 aromatic carbocycles. The number of amides is 1. The van der Waals surface area contributed by atoms with E-state index < -0.39 is 23.2 Å². The molecule has 3 rings (SSSR count). The number of aromatic nitrogens is 2. The predicted octanol–water partition coefficient (Wildman–Crippen LogP) is 4.53. The molecule has 166 valence electrons. The first-order chi connectivity index (χ1) is 14.7. The second kappa shape index (κ2) is 9.71. The van der Waals surface area contributed by atoms with Crippen molar-refractivity contribution in [2.75, 3.05) is 7.05 Å². The van der Waals surface area contributed by atoms with Crippen molar-refractivity contribution in [3.63, 3.8) is 0 Å². The summed E-state index contributed by atoms with van der Waals surface area (Å²) in [5.41, 5.74) is 1.59. The van der Waals surface area contributed by atoms with Crippen molar-refractivity contribution in [1.29, 1.82) is 0 Å². The molecule has 0 aliphatic heterocycles. The second-order valence-electron chi connectivity index (χ2n) is 7.50. The summed E-state index contributed by atoms with van der Waals surface area (Å²) in [6, 6.07) is 6.71. The third-order valence-electron chi connectivity index (χ3n) is 4.65. The zero-order chi connectivity index (χ0) is 22.7. The molecule has 10 heteroatoms. The van der Waals surface area contributed by atoms with Crippen LogP contribution in [0, 0.1) is 18.7 Å². The van der Waals surface area contributed by atoms with Crippen LogP contribution >= 0.6 is 11.3 Å². The Morgan fingerprint density at radius 3 is 2.71 bits per heavy atom. The van der Waals surface area contributed by atoms with Crippen molar-refractivity contribution in [2.24, 2.45) is 5.92 Å². The van der Waals surface area contributed by atoms with E-state index in [4.69, 9.17) is 4.74 Å². The van der Waals surface area contributed by atoms with E-state index in [9.17, 15) is 17.9 Å². The van der Waals surface area contributed by atoms with Crippen LogP contribution in [0.25, 0.3) is 11.1 Å². The number of thiophene rings is 1. The average molecular weight is 465 g/mol. The minimum Gasteiger partial charge on any atom is -0.755 e. The number of ether oxygens (including phenoxy) is 1. The maximum Gasteiger partial charge on any atom is 0.426 e. The van der Waals surface area contributed by atoms with Gasteiger partial charge < -0.3 is 13.9 Å². The number of carbonyl (C=O) groups excluding carboxylic acids is 1. The third-order valence-corrected chi connectivity index (χ3v) is 6.28. The maximum atomic E-state index is 14.9. The van der Waals surface area contributed by atoms with Gasteiger partial charge in [-0.3, -0.25) is 4.21 Å². The van der Waals surface area contributed by atoms with Gasteiger partial charge in [-0.2, -0.15) is 0 Å². The number of imidazole rings is 1. The molecule has 0 spiro atoms. The van der Waals surface area contributed by atoms with Crippen LogP contribution in [0.1, 0.15) is 30.1 Å². The fraction of sp³-hybridized carbons (Fsp3) is 0.333. The van der Waals surface area contributed by atoms with E-state index in [1.165, 1.54) is 17.4 Å². The first-order valence-electron chi connectivity index (χ1n) is 9.59. The molecule has 31 heavy (non-hydrogen) atoms. The molecular formula is C21H23FN3O4S2-. The van der Waals surface area contributed by atoms with Crippen LogP contribution in [0.15, 0.2) is 36.7 Å². The molecule has 0 aliphatic rings. The molecule has 0 bridgehead atoms. The Balaban J connectivity index is 1.93. The first-order valence-corrected chi connectivity index (χ1v) is 11.4. The fourth-order valence-corrected chi connectivity index (χ4v) is 4.40. The van der Waals surface area contributed by atoms with Crippen molar-refractivity contribution in [3.8, 4) is 16.2 Å². The summed E-state index contributed by atoms with van der Waals surface area (Å²) in [5.74, 6) is 0.760. The van der Waals surface area contributed by atoms with E-state index in [-0.39, 0.29) is 5.06 Å².